The standard InChI is InChI=1S/C41H27N5/c1-4-15-28(16-5-1)38-42-39(29-17-6-2-7-18-29)44-40(43-38)31-20-14-19-30(27-31)37-33-23-10-11-24-34(33)46-36-26-13-12-25-35(36)45(41(37)46)32-21-8-3-9-22-32/h1-27H. The number of rotatable bonds is 5. The molecule has 0 aliphatic rings. The average molecular weight is 590 g/mol. The van der Waals surface area contributed by atoms with E-state index >= 15 is 0 Å². The van der Waals surface area contributed by atoms with Gasteiger partial charge in [0.1, 0.15) is 5.65 Å². The molecule has 0 radical (unpaired) electrons. The minimum Gasteiger partial charge on any atom is -0.293 e. The van der Waals surface area contributed by atoms with E-state index in [9.17, 15) is 0 Å². The van der Waals surface area contributed by atoms with E-state index in [-0.39, 0.29) is 0 Å². The van der Waals surface area contributed by atoms with E-state index in [0.717, 1.165) is 50.2 Å². The number of nitrogens with zero attached hydrogens (tertiary/aromatic N) is 5. The van der Waals surface area contributed by atoms with Crippen LogP contribution in [0.25, 0.3) is 78.6 Å². The molecule has 5 heteroatoms. The Morgan fingerprint density at radius 2 is 0.848 bits per heavy atom. The van der Waals surface area contributed by atoms with Crippen molar-refractivity contribution in [1.29, 1.82) is 0 Å². The molecular formula is C41H27N5. The fourth-order valence-corrected chi connectivity index (χ4v) is 6.51. The van der Waals surface area contributed by atoms with Gasteiger partial charge in [-0.25, -0.2) is 15.0 Å². The molecule has 0 amide bonds. The van der Waals surface area contributed by atoms with Crippen molar-refractivity contribution in [3.63, 3.8) is 0 Å². The molecule has 9 rings (SSSR count). The van der Waals surface area contributed by atoms with Gasteiger partial charge in [-0.1, -0.05) is 127 Å². The number of para-hydroxylation sites is 4. The molecule has 9 aromatic rings. The molecule has 0 spiro atoms. The van der Waals surface area contributed by atoms with Crippen molar-refractivity contribution in [2.75, 3.05) is 0 Å². The van der Waals surface area contributed by atoms with Gasteiger partial charge in [0.05, 0.1) is 16.6 Å². The van der Waals surface area contributed by atoms with Crippen LogP contribution in [0.1, 0.15) is 0 Å². The number of benzene rings is 6. The largest absolute Gasteiger partial charge is 0.293 e. The Morgan fingerprint density at radius 1 is 0.370 bits per heavy atom. The normalized spacial score (nSPS) is 11.5. The number of imidazole rings is 1. The molecule has 216 valence electrons. The molecule has 3 aromatic heterocycles. The summed E-state index contributed by atoms with van der Waals surface area (Å²) in [5.41, 5.74) is 10.8. The Bertz CT molecular complexity index is 2460. The number of fused-ring (bicyclic) bond motifs is 5. The van der Waals surface area contributed by atoms with Gasteiger partial charge in [0.2, 0.25) is 0 Å². The quantitative estimate of drug-likeness (QED) is 0.201. The zero-order valence-corrected chi connectivity index (χ0v) is 24.8. The van der Waals surface area contributed by atoms with Crippen LogP contribution in [0.15, 0.2) is 164 Å². The van der Waals surface area contributed by atoms with Gasteiger partial charge in [0.25, 0.3) is 0 Å². The van der Waals surface area contributed by atoms with Crippen LogP contribution in [0.2, 0.25) is 0 Å². The molecule has 0 saturated carbocycles. The van der Waals surface area contributed by atoms with Gasteiger partial charge in [-0.2, -0.15) is 0 Å². The Morgan fingerprint density at radius 3 is 1.50 bits per heavy atom. The summed E-state index contributed by atoms with van der Waals surface area (Å²) in [5.74, 6) is 1.93. The van der Waals surface area contributed by atoms with Gasteiger partial charge in [-0.05, 0) is 42.0 Å². The topological polar surface area (TPSA) is 48.0 Å². The zero-order valence-electron chi connectivity index (χ0n) is 24.8. The highest BCUT2D eigenvalue weighted by Crippen LogP contribution is 2.41. The minimum absolute atomic E-state index is 0.637. The Labute approximate surface area is 265 Å². The third kappa shape index (κ3) is 4.21. The van der Waals surface area contributed by atoms with Crippen molar-refractivity contribution in [2.45, 2.75) is 0 Å². The van der Waals surface area contributed by atoms with Crippen molar-refractivity contribution < 1.29 is 0 Å². The summed E-state index contributed by atoms with van der Waals surface area (Å²) in [6.07, 6.45) is 0. The van der Waals surface area contributed by atoms with E-state index in [4.69, 9.17) is 15.0 Å². The monoisotopic (exact) mass is 589 g/mol. The van der Waals surface area contributed by atoms with E-state index in [2.05, 4.69) is 112 Å². The second-order valence-electron chi connectivity index (χ2n) is 11.3. The third-order valence-corrected chi connectivity index (χ3v) is 8.55. The fourth-order valence-electron chi connectivity index (χ4n) is 6.51. The van der Waals surface area contributed by atoms with Crippen LogP contribution >= 0.6 is 0 Å². The van der Waals surface area contributed by atoms with E-state index in [1.165, 1.54) is 10.9 Å². The van der Waals surface area contributed by atoms with E-state index in [1.54, 1.807) is 0 Å². The Kier molecular flexibility index (Phi) is 6.06. The van der Waals surface area contributed by atoms with Crippen molar-refractivity contribution in [2.24, 2.45) is 0 Å². The molecule has 46 heavy (non-hydrogen) atoms. The molecule has 0 unspecified atom stereocenters. The predicted molar refractivity (Wildman–Crippen MR) is 187 cm³/mol. The Hall–Kier alpha value is -6.33. The Balaban J connectivity index is 1.32. The van der Waals surface area contributed by atoms with Crippen LogP contribution in [0.4, 0.5) is 0 Å². The first-order valence-corrected chi connectivity index (χ1v) is 15.4. The van der Waals surface area contributed by atoms with E-state index < -0.39 is 0 Å². The molecule has 3 heterocycles. The summed E-state index contributed by atoms with van der Waals surface area (Å²) < 4.78 is 4.77. The highest BCUT2D eigenvalue weighted by Gasteiger charge is 2.22. The molecule has 6 aromatic carbocycles. The van der Waals surface area contributed by atoms with Crippen molar-refractivity contribution >= 4 is 27.6 Å². The first kappa shape index (κ1) is 26.1. The first-order chi connectivity index (χ1) is 22.8. The van der Waals surface area contributed by atoms with Crippen LogP contribution in [-0.4, -0.2) is 23.9 Å². The summed E-state index contributed by atoms with van der Waals surface area (Å²) in [6, 6.07) is 56.7. The van der Waals surface area contributed by atoms with Gasteiger partial charge in [0.15, 0.2) is 17.5 Å². The minimum atomic E-state index is 0.637. The summed E-state index contributed by atoms with van der Waals surface area (Å²) in [6.45, 7) is 0. The molecule has 0 saturated heterocycles. The summed E-state index contributed by atoms with van der Waals surface area (Å²) in [7, 11) is 0. The summed E-state index contributed by atoms with van der Waals surface area (Å²) in [4.78, 5) is 14.9. The average Bonchev–Trinajstić information content (AvgIpc) is 3.65. The maximum absolute atomic E-state index is 5.01. The number of hydrogen-bond acceptors (Lipinski definition) is 3. The molecule has 0 fully saturated rings. The fraction of sp³-hybridized carbons (Fsp3) is 0. The summed E-state index contributed by atoms with van der Waals surface area (Å²) in [5, 5.41) is 1.19. The predicted octanol–water partition coefficient (Wildman–Crippen LogP) is 9.89. The number of hydrogen-bond donors (Lipinski definition) is 0. The lowest BCUT2D eigenvalue weighted by molar-refractivity contribution is 1.07. The molecule has 0 N–H and O–H groups in total. The van der Waals surface area contributed by atoms with Crippen LogP contribution < -0.4 is 0 Å². The van der Waals surface area contributed by atoms with Crippen LogP contribution in [-0.2, 0) is 0 Å². The lowest BCUT2D eigenvalue weighted by atomic mass is 10.0. The second kappa shape index (κ2) is 10.7. The molecule has 0 aliphatic heterocycles. The lowest BCUT2D eigenvalue weighted by Crippen LogP contribution is -2.00. The van der Waals surface area contributed by atoms with Crippen LogP contribution in [0, 0.1) is 0 Å². The third-order valence-electron chi connectivity index (χ3n) is 8.55. The first-order valence-electron chi connectivity index (χ1n) is 15.4. The van der Waals surface area contributed by atoms with Crippen LogP contribution in [0.3, 0.4) is 0 Å². The van der Waals surface area contributed by atoms with Gasteiger partial charge in [-0.3, -0.25) is 8.97 Å². The molecule has 0 aliphatic carbocycles. The molecular weight excluding hydrogens is 562 g/mol. The van der Waals surface area contributed by atoms with Crippen molar-refractivity contribution in [3.8, 4) is 51.0 Å². The van der Waals surface area contributed by atoms with Crippen molar-refractivity contribution in [3.05, 3.63) is 164 Å². The maximum atomic E-state index is 5.01. The maximum Gasteiger partial charge on any atom is 0.164 e. The lowest BCUT2D eigenvalue weighted by Gasteiger charge is -2.11. The van der Waals surface area contributed by atoms with Crippen molar-refractivity contribution in [1.82, 2.24) is 23.9 Å². The summed E-state index contributed by atoms with van der Waals surface area (Å²) >= 11 is 0. The highest BCUT2D eigenvalue weighted by molar-refractivity contribution is 6.09. The van der Waals surface area contributed by atoms with E-state index in [1.807, 2.05) is 60.7 Å². The molecule has 5 nitrogen and oxygen atoms in total. The molecule has 0 atom stereocenters. The number of aromatic nitrogens is 5. The highest BCUT2D eigenvalue weighted by atomic mass is 15.1. The smallest absolute Gasteiger partial charge is 0.164 e. The second-order valence-corrected chi connectivity index (χ2v) is 11.3. The zero-order chi connectivity index (χ0) is 30.5. The van der Waals surface area contributed by atoms with E-state index in [0.29, 0.717) is 17.5 Å². The molecule has 0 bridgehead atoms. The van der Waals surface area contributed by atoms with Gasteiger partial charge in [-0.15, -0.1) is 0 Å². The SMILES string of the molecule is c1ccc(-c2nc(-c3ccccc3)nc(-c3cccc(-c4c5ccccc5n5c6ccccc6n(-c6ccccc6)c45)c3)n2)cc1. The van der Waals surface area contributed by atoms with Gasteiger partial charge in [0, 0.05) is 33.3 Å². The van der Waals surface area contributed by atoms with Crippen LogP contribution in [0.5, 0.6) is 0 Å². The van der Waals surface area contributed by atoms with Gasteiger partial charge < -0.3 is 0 Å². The van der Waals surface area contributed by atoms with Gasteiger partial charge >= 0.3 is 0 Å².